The Balaban J connectivity index is 2.50. The summed E-state index contributed by atoms with van der Waals surface area (Å²) >= 11 is 3.22. The van der Waals surface area contributed by atoms with Crippen molar-refractivity contribution in [3.63, 3.8) is 0 Å². The summed E-state index contributed by atoms with van der Waals surface area (Å²) < 4.78 is 10.3. The number of aliphatic hydroxyl groups excluding tert-OH is 4. The lowest BCUT2D eigenvalue weighted by molar-refractivity contribution is -0.300. The number of aliphatic hydroxyl groups is 4. The third-order valence-electron chi connectivity index (χ3n) is 2.41. The van der Waals surface area contributed by atoms with Gasteiger partial charge in [-0.2, -0.15) is 0 Å². The Bertz CT molecular complexity index is 202. The molecule has 96 valence electrons. The first-order valence-electron chi connectivity index (χ1n) is 5.10. The van der Waals surface area contributed by atoms with E-state index in [-0.39, 0.29) is 0 Å². The summed E-state index contributed by atoms with van der Waals surface area (Å²) in [5, 5.41) is 38.2. The summed E-state index contributed by atoms with van der Waals surface area (Å²) in [6.45, 7) is -0.0861. The molecule has 1 saturated heterocycles. The molecule has 0 saturated carbocycles. The Morgan fingerprint density at radius 2 is 1.81 bits per heavy atom. The summed E-state index contributed by atoms with van der Waals surface area (Å²) in [5.74, 6) is 0. The predicted molar refractivity (Wildman–Crippen MR) is 58.1 cm³/mol. The minimum atomic E-state index is -1.38. The van der Waals surface area contributed by atoms with Crippen molar-refractivity contribution in [1.82, 2.24) is 0 Å². The third-order valence-corrected chi connectivity index (χ3v) is 2.97. The van der Waals surface area contributed by atoms with Gasteiger partial charge < -0.3 is 29.9 Å². The second-order valence-electron chi connectivity index (χ2n) is 3.61. The maximum Gasteiger partial charge on any atom is 0.186 e. The van der Waals surface area contributed by atoms with E-state index in [9.17, 15) is 15.3 Å². The van der Waals surface area contributed by atoms with Crippen LogP contribution >= 0.6 is 15.9 Å². The smallest absolute Gasteiger partial charge is 0.186 e. The molecule has 0 spiro atoms. The standard InChI is InChI=1S/C9H17BrO6/c10-2-1-3-15-9-8(14)7(13)6(12)5(4-11)16-9/h5-9,11-14H,1-4H2/t5-,6-,7+,8+,9?/m1/s1. The van der Waals surface area contributed by atoms with Gasteiger partial charge in [0.2, 0.25) is 0 Å². The Hall–Kier alpha value is 0.240. The molecule has 4 N–H and O–H groups in total. The van der Waals surface area contributed by atoms with E-state index in [1.165, 1.54) is 0 Å². The Morgan fingerprint density at radius 1 is 1.12 bits per heavy atom. The lowest BCUT2D eigenvalue weighted by Crippen LogP contribution is -2.59. The number of halogens is 1. The van der Waals surface area contributed by atoms with Crippen LogP contribution in [0.3, 0.4) is 0 Å². The average Bonchev–Trinajstić information content (AvgIpc) is 2.29. The minimum absolute atomic E-state index is 0.355. The highest BCUT2D eigenvalue weighted by molar-refractivity contribution is 9.09. The fourth-order valence-corrected chi connectivity index (χ4v) is 1.69. The molecule has 0 aliphatic carbocycles. The molecule has 16 heavy (non-hydrogen) atoms. The molecule has 0 radical (unpaired) electrons. The van der Waals surface area contributed by atoms with Crippen molar-refractivity contribution in [3.05, 3.63) is 0 Å². The molecule has 0 aromatic rings. The molecular formula is C9H17BrO6. The van der Waals surface area contributed by atoms with Crippen LogP contribution in [0.2, 0.25) is 0 Å². The van der Waals surface area contributed by atoms with Crippen molar-refractivity contribution in [2.24, 2.45) is 0 Å². The zero-order valence-corrected chi connectivity index (χ0v) is 10.3. The van der Waals surface area contributed by atoms with Gasteiger partial charge in [-0.1, -0.05) is 15.9 Å². The van der Waals surface area contributed by atoms with E-state index in [1.807, 2.05) is 0 Å². The van der Waals surface area contributed by atoms with E-state index >= 15 is 0 Å². The predicted octanol–water partition coefficient (Wildman–Crippen LogP) is -1.41. The summed E-state index contributed by atoms with van der Waals surface area (Å²) in [5.41, 5.74) is 0. The van der Waals surface area contributed by atoms with Gasteiger partial charge in [0.15, 0.2) is 6.29 Å². The molecule has 7 heteroatoms. The van der Waals surface area contributed by atoms with Crippen molar-refractivity contribution in [3.8, 4) is 0 Å². The molecule has 1 unspecified atom stereocenters. The topological polar surface area (TPSA) is 99.4 Å². The summed E-state index contributed by atoms with van der Waals surface area (Å²) in [7, 11) is 0. The van der Waals surface area contributed by atoms with Crippen LogP contribution in [0, 0.1) is 0 Å². The summed E-state index contributed by atoms with van der Waals surface area (Å²) in [6.07, 6.45) is -5.22. The number of hydrogen-bond donors (Lipinski definition) is 4. The fraction of sp³-hybridized carbons (Fsp3) is 1.00. The van der Waals surface area contributed by atoms with Gasteiger partial charge in [-0.15, -0.1) is 0 Å². The van der Waals surface area contributed by atoms with Crippen molar-refractivity contribution in [1.29, 1.82) is 0 Å². The van der Waals surface area contributed by atoms with Gasteiger partial charge in [0.1, 0.15) is 24.4 Å². The number of hydrogen-bond acceptors (Lipinski definition) is 6. The van der Waals surface area contributed by atoms with Gasteiger partial charge in [0, 0.05) is 5.33 Å². The highest BCUT2D eigenvalue weighted by atomic mass is 79.9. The normalized spacial score (nSPS) is 39.9. The molecule has 1 aliphatic rings. The number of ether oxygens (including phenoxy) is 2. The first-order valence-corrected chi connectivity index (χ1v) is 6.22. The molecule has 0 bridgehead atoms. The fourth-order valence-electron chi connectivity index (χ4n) is 1.46. The van der Waals surface area contributed by atoms with Gasteiger partial charge in [-0.3, -0.25) is 0 Å². The largest absolute Gasteiger partial charge is 0.394 e. The van der Waals surface area contributed by atoms with E-state index in [1.54, 1.807) is 0 Å². The van der Waals surface area contributed by atoms with Crippen molar-refractivity contribution in [2.45, 2.75) is 37.1 Å². The number of rotatable bonds is 5. The van der Waals surface area contributed by atoms with Crippen LogP contribution in [0.5, 0.6) is 0 Å². The maximum absolute atomic E-state index is 9.57. The SMILES string of the molecule is OC[C@H]1OC(OCCCBr)[C@@H](O)[C@@H](O)[C@@H]1O. The summed E-state index contributed by atoms with van der Waals surface area (Å²) in [6, 6.07) is 0. The van der Waals surface area contributed by atoms with Crippen molar-refractivity contribution in [2.75, 3.05) is 18.5 Å². The van der Waals surface area contributed by atoms with E-state index in [2.05, 4.69) is 15.9 Å². The van der Waals surface area contributed by atoms with Crippen LogP contribution in [-0.2, 0) is 9.47 Å². The molecule has 0 aromatic carbocycles. The van der Waals surface area contributed by atoms with Gasteiger partial charge in [-0.05, 0) is 6.42 Å². The molecule has 1 heterocycles. The summed E-state index contributed by atoms with van der Waals surface area (Å²) in [4.78, 5) is 0. The first kappa shape index (κ1) is 14.3. The molecule has 0 amide bonds. The van der Waals surface area contributed by atoms with Crippen LogP contribution in [-0.4, -0.2) is 69.7 Å². The van der Waals surface area contributed by atoms with Crippen molar-refractivity contribution < 1.29 is 29.9 Å². The molecule has 6 nitrogen and oxygen atoms in total. The molecule has 5 atom stereocenters. The van der Waals surface area contributed by atoms with Gasteiger partial charge in [0.25, 0.3) is 0 Å². The Labute approximate surface area is 102 Å². The molecule has 1 aliphatic heterocycles. The van der Waals surface area contributed by atoms with Crippen molar-refractivity contribution >= 4 is 15.9 Å². The lowest BCUT2D eigenvalue weighted by Gasteiger charge is -2.39. The Kier molecular flexibility index (Phi) is 6.12. The highest BCUT2D eigenvalue weighted by Gasteiger charge is 2.43. The minimum Gasteiger partial charge on any atom is -0.394 e. The van der Waals surface area contributed by atoms with Crippen LogP contribution in [0.1, 0.15) is 6.42 Å². The molecule has 1 rings (SSSR count). The quantitative estimate of drug-likeness (QED) is 0.368. The van der Waals surface area contributed by atoms with Gasteiger partial charge >= 0.3 is 0 Å². The van der Waals surface area contributed by atoms with E-state index in [4.69, 9.17) is 14.6 Å². The number of alkyl halides is 1. The lowest BCUT2D eigenvalue weighted by atomic mass is 9.99. The third kappa shape index (κ3) is 3.36. The molecule has 0 aromatic heterocycles. The maximum atomic E-state index is 9.57. The van der Waals surface area contributed by atoms with Gasteiger partial charge in [-0.25, -0.2) is 0 Å². The van der Waals surface area contributed by atoms with Gasteiger partial charge in [0.05, 0.1) is 13.2 Å². The monoisotopic (exact) mass is 300 g/mol. The van der Waals surface area contributed by atoms with E-state index in [0.717, 1.165) is 11.8 Å². The molecular weight excluding hydrogens is 284 g/mol. The second-order valence-corrected chi connectivity index (χ2v) is 4.40. The van der Waals surface area contributed by atoms with Crippen LogP contribution < -0.4 is 0 Å². The van der Waals surface area contributed by atoms with Crippen LogP contribution in [0.25, 0.3) is 0 Å². The average molecular weight is 301 g/mol. The van der Waals surface area contributed by atoms with E-state index in [0.29, 0.717) is 6.61 Å². The zero-order valence-electron chi connectivity index (χ0n) is 8.70. The van der Waals surface area contributed by atoms with Crippen LogP contribution in [0.15, 0.2) is 0 Å². The first-order chi connectivity index (χ1) is 7.61. The van der Waals surface area contributed by atoms with E-state index < -0.39 is 37.3 Å². The molecule has 1 fully saturated rings. The zero-order chi connectivity index (χ0) is 12.1. The highest BCUT2D eigenvalue weighted by Crippen LogP contribution is 2.21. The second kappa shape index (κ2) is 6.85. The Morgan fingerprint density at radius 3 is 2.38 bits per heavy atom. The van der Waals surface area contributed by atoms with Crippen LogP contribution in [0.4, 0.5) is 0 Å².